The van der Waals surface area contributed by atoms with Crippen LogP contribution in [0.4, 0.5) is 0 Å². The first kappa shape index (κ1) is 16.0. The number of hydrogen-bond acceptors (Lipinski definition) is 4. The largest absolute Gasteiger partial charge is 0.487 e. The molecule has 0 aliphatic heterocycles. The van der Waals surface area contributed by atoms with Crippen molar-refractivity contribution in [2.75, 3.05) is 13.6 Å². The maximum absolute atomic E-state index is 12.2. The molecule has 5 heteroatoms. The van der Waals surface area contributed by atoms with Crippen LogP contribution in [0.25, 0.3) is 10.9 Å². The van der Waals surface area contributed by atoms with Crippen molar-refractivity contribution >= 4 is 16.7 Å². The number of likely N-dealkylation sites (N-methyl/N-ethyl adjacent to an activating group) is 1. The SMILES string of the molecule is CNCC(=O)c1ccc(OCc2ccccc2)c2[nH]c(=O)ccc12. The smallest absolute Gasteiger partial charge is 0.248 e. The van der Waals surface area contributed by atoms with Gasteiger partial charge in [-0.2, -0.15) is 0 Å². The van der Waals surface area contributed by atoms with Crippen LogP contribution < -0.4 is 15.6 Å². The second-order valence-corrected chi connectivity index (χ2v) is 5.45. The fourth-order valence-electron chi connectivity index (χ4n) is 2.58. The molecule has 1 aromatic heterocycles. The van der Waals surface area contributed by atoms with Gasteiger partial charge in [0, 0.05) is 17.0 Å². The number of ketones is 1. The lowest BCUT2D eigenvalue weighted by atomic mass is 10.0. The molecule has 0 saturated heterocycles. The molecule has 0 amide bonds. The number of fused-ring (bicyclic) bond motifs is 1. The van der Waals surface area contributed by atoms with E-state index in [1.807, 2.05) is 30.3 Å². The van der Waals surface area contributed by atoms with Crippen LogP contribution in [0.5, 0.6) is 5.75 Å². The summed E-state index contributed by atoms with van der Waals surface area (Å²) in [4.78, 5) is 26.7. The molecule has 1 heterocycles. The second kappa shape index (κ2) is 7.10. The minimum atomic E-state index is -0.231. The molecule has 0 spiro atoms. The molecule has 24 heavy (non-hydrogen) atoms. The number of rotatable bonds is 6. The van der Waals surface area contributed by atoms with Gasteiger partial charge in [0.2, 0.25) is 5.56 Å². The van der Waals surface area contributed by atoms with Gasteiger partial charge >= 0.3 is 0 Å². The minimum Gasteiger partial charge on any atom is -0.487 e. The van der Waals surface area contributed by atoms with E-state index in [9.17, 15) is 9.59 Å². The lowest BCUT2D eigenvalue weighted by molar-refractivity contribution is 0.0995. The molecule has 0 fully saturated rings. The highest BCUT2D eigenvalue weighted by atomic mass is 16.5. The predicted octanol–water partition coefficient (Wildman–Crippen LogP) is 2.51. The number of aromatic nitrogens is 1. The van der Waals surface area contributed by atoms with Gasteiger partial charge in [-0.3, -0.25) is 9.59 Å². The quantitative estimate of drug-likeness (QED) is 0.684. The normalized spacial score (nSPS) is 10.7. The molecule has 0 radical (unpaired) electrons. The molecule has 0 atom stereocenters. The Morgan fingerprint density at radius 1 is 1.08 bits per heavy atom. The lowest BCUT2D eigenvalue weighted by Crippen LogP contribution is -2.19. The summed E-state index contributed by atoms with van der Waals surface area (Å²) < 4.78 is 5.86. The summed E-state index contributed by atoms with van der Waals surface area (Å²) in [5.74, 6) is 0.511. The van der Waals surface area contributed by atoms with Crippen molar-refractivity contribution < 1.29 is 9.53 Å². The van der Waals surface area contributed by atoms with Crippen molar-refractivity contribution in [3.8, 4) is 5.75 Å². The van der Waals surface area contributed by atoms with Crippen molar-refractivity contribution in [2.45, 2.75) is 6.61 Å². The molecule has 2 N–H and O–H groups in total. The highest BCUT2D eigenvalue weighted by molar-refractivity contribution is 6.09. The molecule has 0 unspecified atom stereocenters. The number of nitrogens with one attached hydrogen (secondary N) is 2. The predicted molar refractivity (Wildman–Crippen MR) is 93.6 cm³/mol. The minimum absolute atomic E-state index is 0.0378. The Bertz CT molecular complexity index is 917. The van der Waals surface area contributed by atoms with Crippen LogP contribution in [0.2, 0.25) is 0 Å². The van der Waals surface area contributed by atoms with Gasteiger partial charge in [-0.1, -0.05) is 30.3 Å². The Kier molecular flexibility index (Phi) is 4.72. The van der Waals surface area contributed by atoms with Crippen molar-refractivity contribution in [3.05, 3.63) is 76.1 Å². The van der Waals surface area contributed by atoms with Gasteiger partial charge in [0.1, 0.15) is 12.4 Å². The second-order valence-electron chi connectivity index (χ2n) is 5.45. The summed E-state index contributed by atoms with van der Waals surface area (Å²) in [6.45, 7) is 0.620. The Balaban J connectivity index is 1.99. The van der Waals surface area contributed by atoms with Gasteiger partial charge in [0.05, 0.1) is 12.1 Å². The highest BCUT2D eigenvalue weighted by Crippen LogP contribution is 2.27. The molecule has 2 aromatic carbocycles. The average Bonchev–Trinajstić information content (AvgIpc) is 2.60. The number of ether oxygens (including phenoxy) is 1. The van der Waals surface area contributed by atoms with E-state index in [4.69, 9.17) is 4.74 Å². The first-order valence-electron chi connectivity index (χ1n) is 7.69. The van der Waals surface area contributed by atoms with Gasteiger partial charge < -0.3 is 15.0 Å². The van der Waals surface area contributed by atoms with Crippen molar-refractivity contribution in [3.63, 3.8) is 0 Å². The van der Waals surface area contributed by atoms with Crippen LogP contribution in [-0.4, -0.2) is 24.4 Å². The third kappa shape index (κ3) is 3.36. The summed E-state index contributed by atoms with van der Waals surface area (Å²) in [6.07, 6.45) is 0. The zero-order chi connectivity index (χ0) is 16.9. The third-order valence-electron chi connectivity index (χ3n) is 3.73. The number of carbonyl (C=O) groups excluding carboxylic acids is 1. The number of pyridine rings is 1. The van der Waals surface area contributed by atoms with Gasteiger partial charge in [0.15, 0.2) is 5.78 Å². The molecule has 0 bridgehead atoms. The number of Topliss-reactive ketones (excluding diaryl/α,β-unsaturated/α-hetero) is 1. The van der Waals surface area contributed by atoms with Crippen molar-refractivity contribution in [1.29, 1.82) is 0 Å². The van der Waals surface area contributed by atoms with Crippen LogP contribution in [0, 0.1) is 0 Å². The van der Waals surface area contributed by atoms with E-state index < -0.39 is 0 Å². The number of aromatic amines is 1. The van der Waals surface area contributed by atoms with Gasteiger partial charge in [-0.05, 0) is 30.8 Å². The summed E-state index contributed by atoms with van der Waals surface area (Å²) in [7, 11) is 1.72. The monoisotopic (exact) mass is 322 g/mol. The van der Waals surface area contributed by atoms with E-state index in [1.165, 1.54) is 6.07 Å². The summed E-state index contributed by atoms with van der Waals surface area (Å²) in [6, 6.07) is 16.3. The summed E-state index contributed by atoms with van der Waals surface area (Å²) >= 11 is 0. The summed E-state index contributed by atoms with van der Waals surface area (Å²) in [5, 5.41) is 3.53. The first-order valence-corrected chi connectivity index (χ1v) is 7.69. The Labute approximate surface area is 139 Å². The molecule has 0 aliphatic rings. The Hall–Kier alpha value is -2.92. The van der Waals surface area contributed by atoms with Gasteiger partial charge in [-0.15, -0.1) is 0 Å². The van der Waals surface area contributed by atoms with Gasteiger partial charge in [-0.25, -0.2) is 0 Å². The fourth-order valence-corrected chi connectivity index (χ4v) is 2.58. The molecular weight excluding hydrogens is 304 g/mol. The molecule has 0 saturated carbocycles. The maximum Gasteiger partial charge on any atom is 0.248 e. The van der Waals surface area contributed by atoms with Crippen LogP contribution in [0.15, 0.2) is 59.4 Å². The number of benzene rings is 2. The van der Waals surface area contributed by atoms with E-state index in [2.05, 4.69) is 10.3 Å². The van der Waals surface area contributed by atoms with Crippen molar-refractivity contribution in [1.82, 2.24) is 10.3 Å². The lowest BCUT2D eigenvalue weighted by Gasteiger charge is -2.12. The zero-order valence-electron chi connectivity index (χ0n) is 13.3. The molecule has 0 aliphatic carbocycles. The van der Waals surface area contributed by atoms with E-state index in [0.29, 0.717) is 28.8 Å². The topological polar surface area (TPSA) is 71.2 Å². The van der Waals surface area contributed by atoms with Crippen LogP contribution in [0.1, 0.15) is 15.9 Å². The van der Waals surface area contributed by atoms with Crippen LogP contribution >= 0.6 is 0 Å². The average molecular weight is 322 g/mol. The fraction of sp³-hybridized carbons (Fsp3) is 0.158. The maximum atomic E-state index is 12.2. The van der Waals surface area contributed by atoms with Gasteiger partial charge in [0.25, 0.3) is 0 Å². The van der Waals surface area contributed by atoms with E-state index >= 15 is 0 Å². The summed E-state index contributed by atoms with van der Waals surface area (Å²) in [5.41, 5.74) is 1.90. The van der Waals surface area contributed by atoms with Crippen LogP contribution in [0.3, 0.4) is 0 Å². The molecule has 5 nitrogen and oxygen atoms in total. The van der Waals surface area contributed by atoms with E-state index in [-0.39, 0.29) is 17.9 Å². The van der Waals surface area contributed by atoms with E-state index in [0.717, 1.165) is 5.56 Å². The number of H-pyrrole nitrogens is 1. The van der Waals surface area contributed by atoms with Crippen molar-refractivity contribution in [2.24, 2.45) is 0 Å². The molecular formula is C19H18N2O3. The molecule has 3 aromatic rings. The number of hydrogen-bond donors (Lipinski definition) is 2. The highest BCUT2D eigenvalue weighted by Gasteiger charge is 2.13. The molecule has 122 valence electrons. The third-order valence-corrected chi connectivity index (χ3v) is 3.73. The van der Waals surface area contributed by atoms with Crippen LogP contribution in [-0.2, 0) is 6.61 Å². The standard InChI is InChI=1S/C19H18N2O3/c1-20-11-16(22)14-7-9-17(19-15(14)8-10-18(23)21-19)24-12-13-5-3-2-4-6-13/h2-10,20H,11-12H2,1H3,(H,21,23). The first-order chi connectivity index (χ1) is 11.7. The Morgan fingerprint density at radius 2 is 1.88 bits per heavy atom. The Morgan fingerprint density at radius 3 is 2.62 bits per heavy atom. The number of carbonyl (C=O) groups is 1. The molecule has 3 rings (SSSR count). The van der Waals surface area contributed by atoms with E-state index in [1.54, 1.807) is 25.2 Å². The zero-order valence-corrected chi connectivity index (χ0v) is 13.3.